The van der Waals surface area contributed by atoms with Crippen molar-refractivity contribution in [1.82, 2.24) is 9.78 Å². The average Bonchev–Trinajstić information content (AvgIpc) is 2.79. The Kier molecular flexibility index (Phi) is 4.18. The minimum atomic E-state index is 0.492. The molecule has 0 unspecified atom stereocenters. The molecule has 5 nitrogen and oxygen atoms in total. The van der Waals surface area contributed by atoms with Gasteiger partial charge in [0.2, 0.25) is 6.41 Å². The van der Waals surface area contributed by atoms with E-state index >= 15 is 0 Å². The highest BCUT2D eigenvalue weighted by molar-refractivity contribution is 5.71. The van der Waals surface area contributed by atoms with Crippen molar-refractivity contribution >= 4 is 12.1 Å². The van der Waals surface area contributed by atoms with Crippen LogP contribution in [0.3, 0.4) is 0 Å². The SMILES string of the molecule is CCn1cc(COc2ccc(NC=O)cc2)c(C)n1. The zero-order valence-corrected chi connectivity index (χ0v) is 11.1. The van der Waals surface area contributed by atoms with Gasteiger partial charge in [0.25, 0.3) is 0 Å². The first-order valence-corrected chi connectivity index (χ1v) is 6.19. The lowest BCUT2D eigenvalue weighted by molar-refractivity contribution is -0.105. The van der Waals surface area contributed by atoms with Crippen molar-refractivity contribution in [3.63, 3.8) is 0 Å². The number of anilines is 1. The molecule has 0 saturated carbocycles. The molecule has 0 aliphatic carbocycles. The number of hydrogen-bond acceptors (Lipinski definition) is 3. The zero-order valence-electron chi connectivity index (χ0n) is 11.1. The van der Waals surface area contributed by atoms with E-state index < -0.39 is 0 Å². The maximum Gasteiger partial charge on any atom is 0.211 e. The normalized spacial score (nSPS) is 10.2. The molecule has 2 rings (SSSR count). The summed E-state index contributed by atoms with van der Waals surface area (Å²) in [5.41, 5.74) is 2.82. The minimum Gasteiger partial charge on any atom is -0.489 e. The molecule has 1 aromatic heterocycles. The molecule has 1 N–H and O–H groups in total. The quantitative estimate of drug-likeness (QED) is 0.810. The summed E-state index contributed by atoms with van der Waals surface area (Å²) >= 11 is 0. The zero-order chi connectivity index (χ0) is 13.7. The molecule has 5 heteroatoms. The summed E-state index contributed by atoms with van der Waals surface area (Å²) in [7, 11) is 0. The summed E-state index contributed by atoms with van der Waals surface area (Å²) in [6.45, 7) is 5.37. The van der Waals surface area contributed by atoms with Gasteiger partial charge in [-0.15, -0.1) is 0 Å². The fourth-order valence-corrected chi connectivity index (χ4v) is 1.74. The van der Waals surface area contributed by atoms with E-state index in [2.05, 4.69) is 17.3 Å². The van der Waals surface area contributed by atoms with Gasteiger partial charge in [0.1, 0.15) is 12.4 Å². The van der Waals surface area contributed by atoms with Crippen LogP contribution < -0.4 is 10.1 Å². The standard InChI is InChI=1S/C14H17N3O2/c1-3-17-8-12(11(2)16-17)9-19-14-6-4-13(5-7-14)15-10-18/h4-8,10H,3,9H2,1-2H3,(H,15,18). The van der Waals surface area contributed by atoms with Gasteiger partial charge in [-0.1, -0.05) is 0 Å². The van der Waals surface area contributed by atoms with Gasteiger partial charge in [0, 0.05) is 24.0 Å². The number of benzene rings is 1. The van der Waals surface area contributed by atoms with Gasteiger partial charge in [-0.25, -0.2) is 0 Å². The smallest absolute Gasteiger partial charge is 0.211 e. The van der Waals surface area contributed by atoms with Gasteiger partial charge >= 0.3 is 0 Å². The molecule has 1 amide bonds. The fraction of sp³-hybridized carbons (Fsp3) is 0.286. The number of amides is 1. The molecule has 100 valence electrons. The Balaban J connectivity index is 1.97. The molecule has 2 aromatic rings. The first-order valence-electron chi connectivity index (χ1n) is 6.19. The Morgan fingerprint density at radius 3 is 2.68 bits per heavy atom. The maximum absolute atomic E-state index is 10.3. The lowest BCUT2D eigenvalue weighted by Gasteiger charge is -2.06. The average molecular weight is 259 g/mol. The Bertz CT molecular complexity index is 546. The second-order valence-corrected chi connectivity index (χ2v) is 4.17. The third-order valence-corrected chi connectivity index (χ3v) is 2.85. The van der Waals surface area contributed by atoms with E-state index in [0.717, 1.165) is 29.2 Å². The van der Waals surface area contributed by atoms with Gasteiger partial charge < -0.3 is 10.1 Å². The van der Waals surface area contributed by atoms with Crippen LogP contribution >= 0.6 is 0 Å². The molecule has 0 bridgehead atoms. The molecule has 0 saturated heterocycles. The van der Waals surface area contributed by atoms with Gasteiger partial charge in [0.05, 0.1) is 5.69 Å². The number of carbonyl (C=O) groups excluding carboxylic acids is 1. The minimum absolute atomic E-state index is 0.492. The van der Waals surface area contributed by atoms with Gasteiger partial charge in [-0.3, -0.25) is 9.48 Å². The van der Waals surface area contributed by atoms with Crippen molar-refractivity contribution in [3.8, 4) is 5.75 Å². The van der Waals surface area contributed by atoms with E-state index in [-0.39, 0.29) is 0 Å². The number of nitrogens with zero attached hydrogens (tertiary/aromatic N) is 2. The van der Waals surface area contributed by atoms with Crippen LogP contribution in [0.25, 0.3) is 0 Å². The number of nitrogens with one attached hydrogen (secondary N) is 1. The summed E-state index contributed by atoms with van der Waals surface area (Å²) in [5.74, 6) is 0.764. The Hall–Kier alpha value is -2.30. The van der Waals surface area contributed by atoms with E-state index in [4.69, 9.17) is 4.74 Å². The van der Waals surface area contributed by atoms with Crippen LogP contribution in [0.4, 0.5) is 5.69 Å². The van der Waals surface area contributed by atoms with E-state index in [1.165, 1.54) is 0 Å². The molecule has 0 fully saturated rings. The number of hydrogen-bond donors (Lipinski definition) is 1. The van der Waals surface area contributed by atoms with E-state index in [1.807, 2.05) is 29.9 Å². The van der Waals surface area contributed by atoms with Crippen LogP contribution in [0.15, 0.2) is 30.5 Å². The summed E-state index contributed by atoms with van der Waals surface area (Å²) in [4.78, 5) is 10.3. The van der Waals surface area contributed by atoms with E-state index in [9.17, 15) is 4.79 Å². The highest BCUT2D eigenvalue weighted by Crippen LogP contribution is 2.17. The van der Waals surface area contributed by atoms with Crippen LogP contribution in [0.1, 0.15) is 18.2 Å². The van der Waals surface area contributed by atoms with Gasteiger partial charge in [-0.05, 0) is 38.1 Å². The van der Waals surface area contributed by atoms with Gasteiger partial charge in [0.15, 0.2) is 0 Å². The van der Waals surface area contributed by atoms with Crippen LogP contribution in [0, 0.1) is 6.92 Å². The molecule has 0 spiro atoms. The monoisotopic (exact) mass is 259 g/mol. The van der Waals surface area contributed by atoms with Crippen molar-refractivity contribution < 1.29 is 9.53 Å². The van der Waals surface area contributed by atoms with Crippen LogP contribution in [0.5, 0.6) is 5.75 Å². The predicted molar refractivity (Wildman–Crippen MR) is 73.1 cm³/mol. The maximum atomic E-state index is 10.3. The third kappa shape index (κ3) is 3.34. The molecule has 1 heterocycles. The summed E-state index contributed by atoms with van der Waals surface area (Å²) in [5, 5.41) is 6.95. The van der Waals surface area contributed by atoms with Crippen LogP contribution in [-0.4, -0.2) is 16.2 Å². The predicted octanol–water partition coefficient (Wildman–Crippen LogP) is 2.36. The van der Waals surface area contributed by atoms with Crippen molar-refractivity contribution in [2.24, 2.45) is 0 Å². The van der Waals surface area contributed by atoms with Crippen molar-refractivity contribution in [2.45, 2.75) is 27.0 Å². The molecule has 19 heavy (non-hydrogen) atoms. The Morgan fingerprint density at radius 1 is 1.37 bits per heavy atom. The lowest BCUT2D eigenvalue weighted by atomic mass is 10.3. The fourth-order valence-electron chi connectivity index (χ4n) is 1.74. The van der Waals surface area contributed by atoms with E-state index in [0.29, 0.717) is 13.0 Å². The first-order chi connectivity index (χ1) is 9.22. The highest BCUT2D eigenvalue weighted by atomic mass is 16.5. The number of carbonyl (C=O) groups is 1. The molecular formula is C14H17N3O2. The topological polar surface area (TPSA) is 56.1 Å². The Labute approximate surface area is 112 Å². The van der Waals surface area contributed by atoms with Crippen molar-refractivity contribution in [2.75, 3.05) is 5.32 Å². The largest absolute Gasteiger partial charge is 0.489 e. The van der Waals surface area contributed by atoms with Crippen molar-refractivity contribution in [3.05, 3.63) is 41.7 Å². The number of rotatable bonds is 6. The Morgan fingerprint density at radius 2 is 2.11 bits per heavy atom. The summed E-state index contributed by atoms with van der Waals surface area (Å²) in [6.07, 6.45) is 2.65. The summed E-state index contributed by atoms with van der Waals surface area (Å²) in [6, 6.07) is 7.24. The molecule has 0 aliphatic rings. The van der Waals surface area contributed by atoms with Crippen molar-refractivity contribution in [1.29, 1.82) is 0 Å². The van der Waals surface area contributed by atoms with Crippen LogP contribution in [-0.2, 0) is 17.9 Å². The lowest BCUT2D eigenvalue weighted by Crippen LogP contribution is -1.97. The molecular weight excluding hydrogens is 242 g/mol. The molecule has 0 atom stereocenters. The highest BCUT2D eigenvalue weighted by Gasteiger charge is 2.04. The summed E-state index contributed by atoms with van der Waals surface area (Å²) < 4.78 is 7.59. The first kappa shape index (κ1) is 13.1. The second-order valence-electron chi connectivity index (χ2n) is 4.17. The van der Waals surface area contributed by atoms with Gasteiger partial charge in [-0.2, -0.15) is 5.10 Å². The molecule has 0 aliphatic heterocycles. The van der Waals surface area contributed by atoms with E-state index in [1.54, 1.807) is 12.1 Å². The molecule has 0 radical (unpaired) electrons. The van der Waals surface area contributed by atoms with Crippen LogP contribution in [0.2, 0.25) is 0 Å². The molecule has 1 aromatic carbocycles. The second kappa shape index (κ2) is 6.04. The number of aromatic nitrogens is 2. The number of aryl methyl sites for hydroxylation is 2. The third-order valence-electron chi connectivity index (χ3n) is 2.85. The number of ether oxygens (including phenoxy) is 1.